The molecule has 0 fully saturated rings. The molecule has 0 aliphatic carbocycles. The summed E-state index contributed by atoms with van der Waals surface area (Å²) in [6.45, 7) is 0. The lowest BCUT2D eigenvalue weighted by Gasteiger charge is -2.16. The Kier molecular flexibility index (Phi) is 4.11. The van der Waals surface area contributed by atoms with E-state index in [1.807, 2.05) is 11.4 Å². The predicted octanol–water partition coefficient (Wildman–Crippen LogP) is 3.94. The number of hydrogen-bond donors (Lipinski definition) is 1. The van der Waals surface area contributed by atoms with Crippen molar-refractivity contribution in [3.8, 4) is 0 Å². The first-order valence-electron chi connectivity index (χ1n) is 4.98. The SMILES string of the molecule is CNC(c1csc(I)c1)c1cc(F)ccc1F. The molecule has 17 heavy (non-hydrogen) atoms. The molecular weight excluding hydrogens is 355 g/mol. The van der Waals surface area contributed by atoms with Crippen molar-refractivity contribution in [2.75, 3.05) is 7.05 Å². The molecule has 2 rings (SSSR count). The Morgan fingerprint density at radius 1 is 1.29 bits per heavy atom. The van der Waals surface area contributed by atoms with Gasteiger partial charge >= 0.3 is 0 Å². The van der Waals surface area contributed by atoms with Gasteiger partial charge in [-0.1, -0.05) is 0 Å². The number of thiophene rings is 1. The van der Waals surface area contributed by atoms with Gasteiger partial charge in [0, 0.05) is 5.56 Å². The smallest absolute Gasteiger partial charge is 0.128 e. The van der Waals surface area contributed by atoms with Gasteiger partial charge in [0.25, 0.3) is 0 Å². The van der Waals surface area contributed by atoms with E-state index >= 15 is 0 Å². The highest BCUT2D eigenvalue weighted by Gasteiger charge is 2.18. The Bertz CT molecular complexity index is 527. The molecule has 0 saturated carbocycles. The third-order valence-electron chi connectivity index (χ3n) is 2.48. The molecule has 1 atom stereocenters. The fourth-order valence-electron chi connectivity index (χ4n) is 1.71. The maximum absolute atomic E-state index is 13.7. The van der Waals surface area contributed by atoms with Gasteiger partial charge in [-0.05, 0) is 64.8 Å². The van der Waals surface area contributed by atoms with Crippen LogP contribution >= 0.6 is 33.9 Å². The number of halogens is 3. The Balaban J connectivity index is 2.45. The summed E-state index contributed by atoms with van der Waals surface area (Å²) < 4.78 is 28.0. The van der Waals surface area contributed by atoms with Crippen LogP contribution in [0.1, 0.15) is 17.2 Å². The van der Waals surface area contributed by atoms with Crippen molar-refractivity contribution >= 4 is 33.9 Å². The van der Waals surface area contributed by atoms with E-state index in [-0.39, 0.29) is 6.04 Å². The number of hydrogen-bond acceptors (Lipinski definition) is 2. The Hall–Kier alpha value is -0.530. The predicted molar refractivity (Wildman–Crippen MR) is 74.3 cm³/mol. The van der Waals surface area contributed by atoms with Gasteiger partial charge < -0.3 is 5.32 Å². The number of nitrogens with one attached hydrogen (secondary N) is 1. The molecule has 0 radical (unpaired) electrons. The van der Waals surface area contributed by atoms with Gasteiger partial charge in [0.1, 0.15) is 11.6 Å². The molecule has 1 N–H and O–H groups in total. The van der Waals surface area contributed by atoms with Crippen LogP contribution in [0.25, 0.3) is 0 Å². The first-order chi connectivity index (χ1) is 8.11. The topological polar surface area (TPSA) is 12.0 Å². The molecule has 5 heteroatoms. The lowest BCUT2D eigenvalue weighted by Crippen LogP contribution is -2.18. The van der Waals surface area contributed by atoms with Crippen LogP contribution in [0.3, 0.4) is 0 Å². The van der Waals surface area contributed by atoms with Gasteiger partial charge in [0.15, 0.2) is 0 Å². The molecule has 2 aromatic rings. The summed E-state index contributed by atoms with van der Waals surface area (Å²) in [5, 5.41) is 4.96. The van der Waals surface area contributed by atoms with Gasteiger partial charge in [0.05, 0.1) is 8.93 Å². The van der Waals surface area contributed by atoms with Crippen molar-refractivity contribution in [3.63, 3.8) is 0 Å². The van der Waals surface area contributed by atoms with E-state index in [0.29, 0.717) is 5.56 Å². The zero-order chi connectivity index (χ0) is 12.4. The number of rotatable bonds is 3. The first-order valence-corrected chi connectivity index (χ1v) is 6.94. The summed E-state index contributed by atoms with van der Waals surface area (Å²) in [6, 6.07) is 5.18. The Morgan fingerprint density at radius 3 is 2.65 bits per heavy atom. The van der Waals surface area contributed by atoms with Crippen LogP contribution in [0.4, 0.5) is 8.78 Å². The summed E-state index contributed by atoms with van der Waals surface area (Å²) >= 11 is 3.79. The normalized spacial score (nSPS) is 12.7. The zero-order valence-electron chi connectivity index (χ0n) is 9.01. The van der Waals surface area contributed by atoms with Gasteiger partial charge in [-0.2, -0.15) is 0 Å². The minimum Gasteiger partial charge on any atom is -0.309 e. The quantitative estimate of drug-likeness (QED) is 0.813. The molecule has 0 aliphatic rings. The fraction of sp³-hybridized carbons (Fsp3) is 0.167. The zero-order valence-corrected chi connectivity index (χ0v) is 12.0. The van der Waals surface area contributed by atoms with Crippen molar-refractivity contribution in [1.29, 1.82) is 0 Å². The second-order valence-corrected chi connectivity index (χ2v) is 6.38. The molecule has 0 aliphatic heterocycles. The van der Waals surface area contributed by atoms with Crippen molar-refractivity contribution in [3.05, 3.63) is 55.3 Å². The maximum atomic E-state index is 13.7. The molecule has 0 saturated heterocycles. The van der Waals surface area contributed by atoms with E-state index in [0.717, 1.165) is 20.6 Å². The van der Waals surface area contributed by atoms with Gasteiger partial charge in [-0.25, -0.2) is 8.78 Å². The fourth-order valence-corrected chi connectivity index (χ4v) is 3.11. The highest BCUT2D eigenvalue weighted by molar-refractivity contribution is 14.1. The highest BCUT2D eigenvalue weighted by Crippen LogP contribution is 2.28. The van der Waals surface area contributed by atoms with E-state index in [1.165, 1.54) is 6.07 Å². The monoisotopic (exact) mass is 365 g/mol. The maximum Gasteiger partial charge on any atom is 0.128 e. The minimum atomic E-state index is -0.424. The van der Waals surface area contributed by atoms with E-state index < -0.39 is 11.6 Å². The average Bonchev–Trinajstić information content (AvgIpc) is 2.71. The largest absolute Gasteiger partial charge is 0.309 e. The van der Waals surface area contributed by atoms with Crippen LogP contribution in [-0.4, -0.2) is 7.05 Å². The average molecular weight is 365 g/mol. The second kappa shape index (κ2) is 5.41. The van der Waals surface area contributed by atoms with Crippen LogP contribution in [-0.2, 0) is 0 Å². The summed E-state index contributed by atoms with van der Waals surface area (Å²) in [4.78, 5) is 0. The molecule has 0 spiro atoms. The van der Waals surface area contributed by atoms with Crippen molar-refractivity contribution in [2.45, 2.75) is 6.04 Å². The molecule has 0 bridgehead atoms. The Labute approximate surface area is 116 Å². The van der Waals surface area contributed by atoms with E-state index in [1.54, 1.807) is 18.4 Å². The molecule has 1 nitrogen and oxygen atoms in total. The molecule has 1 heterocycles. The molecule has 90 valence electrons. The van der Waals surface area contributed by atoms with Crippen LogP contribution < -0.4 is 5.32 Å². The van der Waals surface area contributed by atoms with E-state index in [4.69, 9.17) is 0 Å². The lowest BCUT2D eigenvalue weighted by molar-refractivity contribution is 0.558. The summed E-state index contributed by atoms with van der Waals surface area (Å²) in [5.41, 5.74) is 1.29. The van der Waals surface area contributed by atoms with Crippen LogP contribution in [0.5, 0.6) is 0 Å². The lowest BCUT2D eigenvalue weighted by atomic mass is 10.0. The van der Waals surface area contributed by atoms with Crippen molar-refractivity contribution in [1.82, 2.24) is 5.32 Å². The third kappa shape index (κ3) is 2.83. The second-order valence-electron chi connectivity index (χ2n) is 3.57. The third-order valence-corrected chi connectivity index (χ3v) is 4.29. The highest BCUT2D eigenvalue weighted by atomic mass is 127. The van der Waals surface area contributed by atoms with Crippen LogP contribution in [0, 0.1) is 14.5 Å². The van der Waals surface area contributed by atoms with E-state index in [9.17, 15) is 8.78 Å². The summed E-state index contributed by atoms with van der Waals surface area (Å²) in [5.74, 6) is -0.821. The van der Waals surface area contributed by atoms with Gasteiger partial charge in [-0.3, -0.25) is 0 Å². The first kappa shape index (κ1) is 12.9. The number of benzene rings is 1. The molecular formula is C12H10F2INS. The standard InChI is InChI=1S/C12H10F2INS/c1-16-12(7-4-11(15)17-6-7)9-5-8(13)2-3-10(9)14/h2-6,12,16H,1H3. The van der Waals surface area contributed by atoms with Crippen molar-refractivity contribution < 1.29 is 8.78 Å². The molecule has 1 unspecified atom stereocenters. The molecule has 0 amide bonds. The van der Waals surface area contributed by atoms with Gasteiger partial charge in [0.2, 0.25) is 0 Å². The summed E-state index contributed by atoms with van der Waals surface area (Å²) in [6.07, 6.45) is 0. The van der Waals surface area contributed by atoms with Gasteiger partial charge in [-0.15, -0.1) is 11.3 Å². The molecule has 1 aromatic carbocycles. The minimum absolute atomic E-state index is 0.314. The van der Waals surface area contributed by atoms with Crippen LogP contribution in [0.2, 0.25) is 0 Å². The van der Waals surface area contributed by atoms with Crippen LogP contribution in [0.15, 0.2) is 29.6 Å². The summed E-state index contributed by atoms with van der Waals surface area (Å²) in [7, 11) is 1.74. The Morgan fingerprint density at radius 2 is 2.06 bits per heavy atom. The molecule has 1 aromatic heterocycles. The van der Waals surface area contributed by atoms with E-state index in [2.05, 4.69) is 27.9 Å². The van der Waals surface area contributed by atoms with Crippen molar-refractivity contribution in [2.24, 2.45) is 0 Å².